The molecule has 2 heterocycles. The van der Waals surface area contributed by atoms with Gasteiger partial charge in [-0.3, -0.25) is 0 Å². The van der Waals surface area contributed by atoms with Crippen molar-refractivity contribution in [1.82, 2.24) is 0 Å². The molecule has 0 aromatic heterocycles. The second-order valence-electron chi connectivity index (χ2n) is 4.15. The molecule has 0 N–H and O–H groups in total. The van der Waals surface area contributed by atoms with Gasteiger partial charge in [0.15, 0.2) is 0 Å². The average molecular weight is 226 g/mol. The van der Waals surface area contributed by atoms with Crippen molar-refractivity contribution >= 4 is 11.8 Å². The van der Waals surface area contributed by atoms with E-state index in [1.54, 1.807) is 0 Å². The highest BCUT2D eigenvalue weighted by atomic mass is 32.2. The zero-order valence-electron chi connectivity index (χ0n) is 8.59. The van der Waals surface area contributed by atoms with Gasteiger partial charge in [0.05, 0.1) is 5.25 Å². The van der Waals surface area contributed by atoms with Crippen LogP contribution in [0.1, 0.15) is 22.5 Å². The number of thioether (sulfide) groups is 1. The van der Waals surface area contributed by atoms with Crippen molar-refractivity contribution in [2.75, 3.05) is 0 Å². The molecule has 0 saturated carbocycles. The third-order valence-electron chi connectivity index (χ3n) is 3.23. The van der Waals surface area contributed by atoms with E-state index in [9.17, 15) is 0 Å². The Morgan fingerprint density at radius 2 is 1.62 bits per heavy atom. The van der Waals surface area contributed by atoms with Crippen molar-refractivity contribution in [2.24, 2.45) is 0 Å². The number of benzene rings is 2. The molecule has 78 valence electrons. The number of rotatable bonds is 0. The summed E-state index contributed by atoms with van der Waals surface area (Å²) in [6, 6.07) is 16.9. The van der Waals surface area contributed by atoms with Gasteiger partial charge >= 0.3 is 0 Å². The quantitative estimate of drug-likeness (QED) is 0.672. The summed E-state index contributed by atoms with van der Waals surface area (Å²) >= 11 is 1.92. The van der Waals surface area contributed by atoms with Crippen molar-refractivity contribution in [3.05, 3.63) is 59.7 Å². The first kappa shape index (κ1) is 8.71. The molecule has 4 rings (SSSR count). The van der Waals surface area contributed by atoms with Crippen molar-refractivity contribution in [2.45, 2.75) is 16.2 Å². The van der Waals surface area contributed by atoms with Gasteiger partial charge in [-0.15, -0.1) is 11.8 Å². The van der Waals surface area contributed by atoms with Crippen LogP contribution < -0.4 is 4.74 Å². The molecule has 2 atom stereocenters. The van der Waals surface area contributed by atoms with Gasteiger partial charge in [-0.1, -0.05) is 36.4 Å². The molecular weight excluding hydrogens is 216 g/mol. The van der Waals surface area contributed by atoms with Crippen LogP contribution in [-0.4, -0.2) is 0 Å². The van der Waals surface area contributed by atoms with E-state index in [2.05, 4.69) is 42.5 Å². The lowest BCUT2D eigenvalue weighted by atomic mass is 10.0. The Bertz CT molecular complexity index is 513. The van der Waals surface area contributed by atoms with Gasteiger partial charge in [0.1, 0.15) is 11.9 Å². The fourth-order valence-corrected chi connectivity index (χ4v) is 3.89. The van der Waals surface area contributed by atoms with Gasteiger partial charge in [-0.25, -0.2) is 0 Å². The van der Waals surface area contributed by atoms with E-state index >= 15 is 0 Å². The molecular formula is C14H10OS. The summed E-state index contributed by atoms with van der Waals surface area (Å²) in [7, 11) is 0. The normalized spacial score (nSPS) is 24.5. The molecule has 0 aliphatic carbocycles. The highest BCUT2D eigenvalue weighted by Crippen LogP contribution is 2.60. The predicted molar refractivity (Wildman–Crippen MR) is 64.9 cm³/mol. The van der Waals surface area contributed by atoms with E-state index in [4.69, 9.17) is 4.74 Å². The minimum atomic E-state index is 0.221. The molecule has 0 radical (unpaired) electrons. The maximum Gasteiger partial charge on any atom is 0.141 e. The topological polar surface area (TPSA) is 9.23 Å². The molecule has 1 nitrogen and oxygen atoms in total. The number of hydrogen-bond acceptors (Lipinski definition) is 2. The summed E-state index contributed by atoms with van der Waals surface area (Å²) in [6.07, 6.45) is 0.221. The first-order valence-corrected chi connectivity index (χ1v) is 6.32. The fourth-order valence-electron chi connectivity index (χ4n) is 2.50. The van der Waals surface area contributed by atoms with Crippen LogP contribution in [0.15, 0.2) is 53.4 Å². The van der Waals surface area contributed by atoms with Crippen LogP contribution in [0.5, 0.6) is 5.75 Å². The second-order valence-corrected chi connectivity index (χ2v) is 5.34. The third-order valence-corrected chi connectivity index (χ3v) is 4.61. The smallest absolute Gasteiger partial charge is 0.141 e. The molecule has 2 heteroatoms. The van der Waals surface area contributed by atoms with Crippen molar-refractivity contribution in [1.29, 1.82) is 0 Å². The molecule has 16 heavy (non-hydrogen) atoms. The van der Waals surface area contributed by atoms with Crippen molar-refractivity contribution < 1.29 is 4.74 Å². The number of fused-ring (bicyclic) bond motifs is 5. The molecule has 2 aliphatic heterocycles. The molecule has 0 bridgehead atoms. The van der Waals surface area contributed by atoms with E-state index in [0.29, 0.717) is 5.25 Å². The van der Waals surface area contributed by atoms with Crippen LogP contribution in [0, 0.1) is 0 Å². The molecule has 0 amide bonds. The van der Waals surface area contributed by atoms with Gasteiger partial charge in [0, 0.05) is 16.0 Å². The summed E-state index contributed by atoms with van der Waals surface area (Å²) in [5.41, 5.74) is 2.68. The molecule has 0 spiro atoms. The maximum absolute atomic E-state index is 6.04. The largest absolute Gasteiger partial charge is 0.484 e. The number of hydrogen-bond donors (Lipinski definition) is 0. The van der Waals surface area contributed by atoms with E-state index in [-0.39, 0.29) is 6.10 Å². The number of para-hydroxylation sites is 1. The Balaban J connectivity index is 1.86. The van der Waals surface area contributed by atoms with Crippen LogP contribution >= 0.6 is 11.8 Å². The summed E-state index contributed by atoms with van der Waals surface area (Å²) in [4.78, 5) is 1.37. The monoisotopic (exact) mass is 226 g/mol. The third kappa shape index (κ3) is 1.03. The van der Waals surface area contributed by atoms with E-state index in [0.717, 1.165) is 5.75 Å². The maximum atomic E-state index is 6.04. The first-order valence-electron chi connectivity index (χ1n) is 5.45. The van der Waals surface area contributed by atoms with Crippen LogP contribution in [0.2, 0.25) is 0 Å². The van der Waals surface area contributed by atoms with Gasteiger partial charge < -0.3 is 4.74 Å². The van der Waals surface area contributed by atoms with Crippen LogP contribution in [0.25, 0.3) is 0 Å². The molecule has 2 aliphatic rings. The Kier molecular flexibility index (Phi) is 1.66. The van der Waals surface area contributed by atoms with Crippen LogP contribution in [-0.2, 0) is 0 Å². The van der Waals surface area contributed by atoms with Gasteiger partial charge in [0.25, 0.3) is 0 Å². The zero-order valence-corrected chi connectivity index (χ0v) is 9.41. The summed E-state index contributed by atoms with van der Waals surface area (Å²) in [5, 5.41) is 0.452. The SMILES string of the molecule is c1ccc2c(c1)OC1c3ccccc3SC21. The Labute approximate surface area is 98.4 Å². The van der Waals surface area contributed by atoms with Crippen molar-refractivity contribution in [3.8, 4) is 5.75 Å². The van der Waals surface area contributed by atoms with E-state index in [1.165, 1.54) is 16.0 Å². The zero-order chi connectivity index (χ0) is 10.5. The summed E-state index contributed by atoms with van der Waals surface area (Å²) in [5.74, 6) is 1.06. The van der Waals surface area contributed by atoms with Gasteiger partial charge in [0.2, 0.25) is 0 Å². The van der Waals surface area contributed by atoms with Gasteiger partial charge in [-0.2, -0.15) is 0 Å². The summed E-state index contributed by atoms with van der Waals surface area (Å²) < 4.78 is 6.04. The standard InChI is InChI=1S/C14H10OS/c1-3-7-11-9(5-1)14-13(15-11)10-6-2-4-8-12(10)16-14/h1-8,13-14H. The molecule has 2 aromatic rings. The average Bonchev–Trinajstić information content (AvgIpc) is 2.85. The Morgan fingerprint density at radius 1 is 0.875 bits per heavy atom. The lowest BCUT2D eigenvalue weighted by molar-refractivity contribution is 0.237. The van der Waals surface area contributed by atoms with Crippen molar-refractivity contribution in [3.63, 3.8) is 0 Å². The molecule has 2 unspecified atom stereocenters. The molecule has 2 aromatic carbocycles. The van der Waals surface area contributed by atoms with E-state index in [1.807, 2.05) is 17.8 Å². The Hall–Kier alpha value is -1.41. The van der Waals surface area contributed by atoms with Crippen LogP contribution in [0.4, 0.5) is 0 Å². The molecule has 0 fully saturated rings. The Morgan fingerprint density at radius 3 is 2.56 bits per heavy atom. The minimum absolute atomic E-state index is 0.221. The lowest BCUT2D eigenvalue weighted by Gasteiger charge is -2.08. The van der Waals surface area contributed by atoms with Gasteiger partial charge in [-0.05, 0) is 12.1 Å². The first-order chi connectivity index (χ1) is 7.93. The minimum Gasteiger partial charge on any atom is -0.484 e. The molecule has 0 saturated heterocycles. The summed E-state index contributed by atoms with van der Waals surface area (Å²) in [6.45, 7) is 0. The predicted octanol–water partition coefficient (Wildman–Crippen LogP) is 3.97. The van der Waals surface area contributed by atoms with Crippen LogP contribution in [0.3, 0.4) is 0 Å². The van der Waals surface area contributed by atoms with E-state index < -0.39 is 0 Å². The highest BCUT2D eigenvalue weighted by Gasteiger charge is 2.42. The fraction of sp³-hybridized carbons (Fsp3) is 0.143. The second kappa shape index (κ2) is 3.05. The number of ether oxygens (including phenoxy) is 1. The highest BCUT2D eigenvalue weighted by molar-refractivity contribution is 8.00. The lowest BCUT2D eigenvalue weighted by Crippen LogP contribution is -2.01.